The van der Waals surface area contributed by atoms with Gasteiger partial charge < -0.3 is 5.32 Å². The summed E-state index contributed by atoms with van der Waals surface area (Å²) in [4.78, 5) is 0. The monoisotopic (exact) mass is 239 g/mol. The first-order chi connectivity index (χ1) is 6.45. The van der Waals surface area contributed by atoms with Crippen LogP contribution in [0.3, 0.4) is 0 Å². The number of nitrogens with one attached hydrogen (secondary N) is 1. The van der Waals surface area contributed by atoms with Crippen LogP contribution in [0.5, 0.6) is 0 Å². The average molecular weight is 239 g/mol. The van der Waals surface area contributed by atoms with E-state index in [2.05, 4.69) is 19.2 Å². The summed E-state index contributed by atoms with van der Waals surface area (Å²) in [5.74, 6) is 1.29. The van der Waals surface area contributed by atoms with Crippen molar-refractivity contribution in [2.45, 2.75) is 25.5 Å². The number of sulfone groups is 1. The molecule has 5 heteroatoms. The second-order valence-corrected chi connectivity index (χ2v) is 7.28. The Morgan fingerprint density at radius 1 is 1.36 bits per heavy atom. The molecule has 0 amide bonds. The van der Waals surface area contributed by atoms with Crippen LogP contribution in [0.25, 0.3) is 0 Å². The fourth-order valence-electron chi connectivity index (χ4n) is 0.833. The Bertz CT molecular complexity index is 227. The molecular formula is C9H21NO2S2. The summed E-state index contributed by atoms with van der Waals surface area (Å²) in [7, 11) is -2.80. The second kappa shape index (κ2) is 7.54. The van der Waals surface area contributed by atoms with Crippen molar-refractivity contribution in [1.82, 2.24) is 5.32 Å². The van der Waals surface area contributed by atoms with Crippen LogP contribution < -0.4 is 5.32 Å². The van der Waals surface area contributed by atoms with Crippen molar-refractivity contribution in [3.8, 4) is 0 Å². The van der Waals surface area contributed by atoms with E-state index in [0.29, 0.717) is 11.8 Å². The van der Waals surface area contributed by atoms with Gasteiger partial charge in [0.05, 0.1) is 5.75 Å². The molecule has 1 N–H and O–H groups in total. The van der Waals surface area contributed by atoms with Gasteiger partial charge in [0.25, 0.3) is 0 Å². The number of hydrogen-bond donors (Lipinski definition) is 1. The molecule has 0 rings (SSSR count). The van der Waals surface area contributed by atoms with Gasteiger partial charge in [-0.2, -0.15) is 11.8 Å². The molecule has 14 heavy (non-hydrogen) atoms. The Morgan fingerprint density at radius 2 is 2.00 bits per heavy atom. The van der Waals surface area contributed by atoms with Crippen molar-refractivity contribution in [3.63, 3.8) is 0 Å². The van der Waals surface area contributed by atoms with Gasteiger partial charge in [-0.15, -0.1) is 0 Å². The zero-order valence-corrected chi connectivity index (χ0v) is 10.9. The molecule has 0 saturated carbocycles. The molecule has 86 valence electrons. The standard InChI is InChI=1S/C9H21NO2S2/c1-4-9(2)13-7-5-10-6-8-14(3,11)12/h9-10H,4-8H2,1-3H3. The highest BCUT2D eigenvalue weighted by Gasteiger charge is 2.01. The van der Waals surface area contributed by atoms with E-state index in [1.54, 1.807) is 0 Å². The third-order valence-electron chi connectivity index (χ3n) is 1.91. The highest BCUT2D eigenvalue weighted by atomic mass is 32.2. The molecule has 1 atom stereocenters. The van der Waals surface area contributed by atoms with E-state index >= 15 is 0 Å². The molecule has 0 fully saturated rings. The molecule has 1 unspecified atom stereocenters. The lowest BCUT2D eigenvalue weighted by Crippen LogP contribution is -2.24. The van der Waals surface area contributed by atoms with Crippen molar-refractivity contribution in [1.29, 1.82) is 0 Å². The minimum absolute atomic E-state index is 0.237. The Morgan fingerprint density at radius 3 is 2.50 bits per heavy atom. The molecular weight excluding hydrogens is 218 g/mol. The molecule has 0 spiro atoms. The Kier molecular flexibility index (Phi) is 7.68. The minimum Gasteiger partial charge on any atom is -0.315 e. The fourth-order valence-corrected chi connectivity index (χ4v) is 2.25. The van der Waals surface area contributed by atoms with Crippen molar-refractivity contribution in [3.05, 3.63) is 0 Å². The maximum atomic E-state index is 10.8. The van der Waals surface area contributed by atoms with E-state index in [0.717, 1.165) is 12.3 Å². The minimum atomic E-state index is -2.80. The molecule has 0 aliphatic rings. The quantitative estimate of drug-likeness (QED) is 0.646. The predicted octanol–water partition coefficient (Wildman–Crippen LogP) is 1.15. The van der Waals surface area contributed by atoms with Crippen LogP contribution in [0.4, 0.5) is 0 Å². The van der Waals surface area contributed by atoms with E-state index < -0.39 is 9.84 Å². The summed E-state index contributed by atoms with van der Waals surface area (Å²) in [5.41, 5.74) is 0. The van der Waals surface area contributed by atoms with Crippen LogP contribution in [0.15, 0.2) is 0 Å². The SMILES string of the molecule is CCC(C)SCCNCCS(C)(=O)=O. The van der Waals surface area contributed by atoms with E-state index in [4.69, 9.17) is 0 Å². The lowest BCUT2D eigenvalue weighted by atomic mass is 10.4. The van der Waals surface area contributed by atoms with Crippen LogP contribution in [0, 0.1) is 0 Å². The van der Waals surface area contributed by atoms with E-state index in [1.165, 1.54) is 12.7 Å². The third-order valence-corrected chi connectivity index (χ3v) is 4.19. The molecule has 3 nitrogen and oxygen atoms in total. The summed E-state index contributed by atoms with van der Waals surface area (Å²) >= 11 is 1.92. The van der Waals surface area contributed by atoms with E-state index in [-0.39, 0.29) is 5.75 Å². The van der Waals surface area contributed by atoms with E-state index in [1.807, 2.05) is 11.8 Å². The van der Waals surface area contributed by atoms with Crippen LogP contribution in [0.1, 0.15) is 20.3 Å². The molecule has 0 aliphatic heterocycles. The summed E-state index contributed by atoms with van der Waals surface area (Å²) in [6.07, 6.45) is 2.45. The van der Waals surface area contributed by atoms with Crippen LogP contribution in [-0.2, 0) is 9.84 Å². The van der Waals surface area contributed by atoms with Gasteiger partial charge >= 0.3 is 0 Å². The first kappa shape index (κ1) is 14.3. The molecule has 0 aromatic rings. The maximum Gasteiger partial charge on any atom is 0.148 e. The predicted molar refractivity (Wildman–Crippen MR) is 64.8 cm³/mol. The van der Waals surface area contributed by atoms with Gasteiger partial charge in [0.15, 0.2) is 0 Å². The van der Waals surface area contributed by atoms with Crippen LogP contribution in [0.2, 0.25) is 0 Å². The van der Waals surface area contributed by atoms with Crippen molar-refractivity contribution in [2.75, 3.05) is 30.9 Å². The molecule has 0 aromatic heterocycles. The fraction of sp³-hybridized carbons (Fsp3) is 1.00. The highest BCUT2D eigenvalue weighted by molar-refractivity contribution is 7.99. The zero-order valence-electron chi connectivity index (χ0n) is 9.25. The number of thioether (sulfide) groups is 1. The lowest BCUT2D eigenvalue weighted by molar-refractivity contribution is 0.598. The molecule has 0 heterocycles. The first-order valence-corrected chi connectivity index (χ1v) is 8.06. The average Bonchev–Trinajstić information content (AvgIpc) is 2.08. The first-order valence-electron chi connectivity index (χ1n) is 4.95. The van der Waals surface area contributed by atoms with Gasteiger partial charge in [-0.1, -0.05) is 13.8 Å². The van der Waals surface area contributed by atoms with E-state index in [9.17, 15) is 8.42 Å². The van der Waals surface area contributed by atoms with Gasteiger partial charge in [-0.25, -0.2) is 8.42 Å². The topological polar surface area (TPSA) is 46.2 Å². The summed E-state index contributed by atoms with van der Waals surface area (Å²) in [5, 5.41) is 3.82. The second-order valence-electron chi connectivity index (χ2n) is 3.47. The van der Waals surface area contributed by atoms with Gasteiger partial charge in [-0.3, -0.25) is 0 Å². The van der Waals surface area contributed by atoms with Crippen molar-refractivity contribution < 1.29 is 8.42 Å². The van der Waals surface area contributed by atoms with Gasteiger partial charge in [0.1, 0.15) is 9.84 Å². The number of rotatable bonds is 8. The largest absolute Gasteiger partial charge is 0.315 e. The highest BCUT2D eigenvalue weighted by Crippen LogP contribution is 2.11. The molecule has 0 radical (unpaired) electrons. The van der Waals surface area contributed by atoms with Crippen molar-refractivity contribution in [2.24, 2.45) is 0 Å². The van der Waals surface area contributed by atoms with Crippen molar-refractivity contribution >= 4 is 21.6 Å². The van der Waals surface area contributed by atoms with Crippen LogP contribution in [-0.4, -0.2) is 44.5 Å². The normalized spacial score (nSPS) is 14.2. The third kappa shape index (κ3) is 10.3. The van der Waals surface area contributed by atoms with Gasteiger partial charge in [-0.05, 0) is 6.42 Å². The Hall–Kier alpha value is 0.260. The molecule has 0 saturated heterocycles. The summed E-state index contributed by atoms with van der Waals surface area (Å²) < 4.78 is 21.5. The van der Waals surface area contributed by atoms with Gasteiger partial charge in [0.2, 0.25) is 0 Å². The Labute approximate surface area is 92.0 Å². The lowest BCUT2D eigenvalue weighted by Gasteiger charge is -2.08. The molecule has 0 bridgehead atoms. The zero-order chi connectivity index (χ0) is 11.0. The molecule has 0 aliphatic carbocycles. The van der Waals surface area contributed by atoms with Gasteiger partial charge in [0, 0.05) is 30.3 Å². The van der Waals surface area contributed by atoms with Crippen LogP contribution >= 0.6 is 11.8 Å². The smallest absolute Gasteiger partial charge is 0.148 e. The maximum absolute atomic E-state index is 10.8. The summed E-state index contributed by atoms with van der Waals surface area (Å²) in [6.45, 7) is 5.85. The molecule has 0 aromatic carbocycles. The number of hydrogen-bond acceptors (Lipinski definition) is 4. The summed E-state index contributed by atoms with van der Waals surface area (Å²) in [6, 6.07) is 0. The Balaban J connectivity index is 3.23.